The molecule has 4 nitrogen and oxygen atoms in total. The number of nitrogens with zero attached hydrogens (tertiary/aromatic N) is 1. The summed E-state index contributed by atoms with van der Waals surface area (Å²) < 4.78 is 5.04. The molecule has 19 heavy (non-hydrogen) atoms. The Labute approximate surface area is 116 Å². The highest BCUT2D eigenvalue weighted by Gasteiger charge is 2.08. The number of hydrogen-bond donors (Lipinski definition) is 1. The van der Waals surface area contributed by atoms with Crippen LogP contribution in [0.3, 0.4) is 0 Å². The lowest BCUT2D eigenvalue weighted by Gasteiger charge is -2.07. The Kier molecular flexibility index (Phi) is 4.49. The van der Waals surface area contributed by atoms with Crippen LogP contribution in [0, 0.1) is 0 Å². The zero-order chi connectivity index (χ0) is 13.7. The first kappa shape index (κ1) is 13.5. The zero-order valence-corrected chi connectivity index (χ0v) is 11.1. The van der Waals surface area contributed by atoms with Crippen molar-refractivity contribution in [3.05, 3.63) is 58.9 Å². The number of nitrogens with one attached hydrogen (secondary N) is 1. The molecule has 0 aliphatic carbocycles. The topological polar surface area (TPSA) is 51.2 Å². The summed E-state index contributed by atoms with van der Waals surface area (Å²) in [6, 6.07) is 8.90. The van der Waals surface area contributed by atoms with Gasteiger partial charge < -0.3 is 10.1 Å². The molecule has 0 atom stereocenters. The third-order valence-corrected chi connectivity index (χ3v) is 2.82. The molecular formula is C14H13ClN2O2. The van der Waals surface area contributed by atoms with Gasteiger partial charge in [-0.15, -0.1) is 0 Å². The Hall–Kier alpha value is -1.91. The van der Waals surface area contributed by atoms with Crippen molar-refractivity contribution < 1.29 is 9.53 Å². The van der Waals surface area contributed by atoms with Crippen molar-refractivity contribution in [3.63, 3.8) is 0 Å². The van der Waals surface area contributed by atoms with E-state index in [4.69, 9.17) is 16.3 Å². The number of benzene rings is 1. The molecule has 0 radical (unpaired) electrons. The zero-order valence-electron chi connectivity index (χ0n) is 10.4. The Morgan fingerprint density at radius 1 is 1.42 bits per heavy atom. The summed E-state index contributed by atoms with van der Waals surface area (Å²) in [5.41, 5.74) is 2.04. The molecule has 2 rings (SSSR count). The van der Waals surface area contributed by atoms with Crippen molar-refractivity contribution >= 4 is 23.2 Å². The summed E-state index contributed by atoms with van der Waals surface area (Å²) in [4.78, 5) is 16.0. The molecule has 0 saturated heterocycles. The molecule has 1 amide bonds. The van der Waals surface area contributed by atoms with Crippen molar-refractivity contribution in [2.24, 2.45) is 0 Å². The van der Waals surface area contributed by atoms with Crippen LogP contribution in [0.2, 0.25) is 5.02 Å². The van der Waals surface area contributed by atoms with Crippen LogP contribution in [-0.2, 0) is 11.3 Å². The number of halogens is 1. The first-order chi connectivity index (χ1) is 9.20. The number of carbonyl (C=O) groups is 1. The lowest BCUT2D eigenvalue weighted by Crippen LogP contribution is -2.12. The van der Waals surface area contributed by atoms with E-state index < -0.39 is 0 Å². The van der Waals surface area contributed by atoms with Gasteiger partial charge in [0.25, 0.3) is 5.91 Å². The van der Waals surface area contributed by atoms with Crippen LogP contribution in [0.1, 0.15) is 15.9 Å². The molecule has 1 aromatic heterocycles. The number of pyridine rings is 1. The minimum absolute atomic E-state index is 0.217. The van der Waals surface area contributed by atoms with Gasteiger partial charge in [0.1, 0.15) is 0 Å². The Morgan fingerprint density at radius 3 is 3.00 bits per heavy atom. The van der Waals surface area contributed by atoms with Crippen molar-refractivity contribution in [1.82, 2.24) is 4.98 Å². The quantitative estimate of drug-likeness (QED) is 0.933. The molecular weight excluding hydrogens is 264 g/mol. The average Bonchev–Trinajstić information content (AvgIpc) is 2.42. The number of anilines is 1. The first-order valence-electron chi connectivity index (χ1n) is 5.69. The summed E-state index contributed by atoms with van der Waals surface area (Å²) in [5, 5.41) is 3.15. The lowest BCUT2D eigenvalue weighted by atomic mass is 10.1. The van der Waals surface area contributed by atoms with Crippen LogP contribution in [-0.4, -0.2) is 18.0 Å². The van der Waals surface area contributed by atoms with Gasteiger partial charge in [-0.05, 0) is 23.8 Å². The molecule has 0 saturated carbocycles. The van der Waals surface area contributed by atoms with E-state index in [1.165, 1.54) is 6.20 Å². The largest absolute Gasteiger partial charge is 0.380 e. The van der Waals surface area contributed by atoms with Crippen molar-refractivity contribution in [2.45, 2.75) is 6.61 Å². The third kappa shape index (κ3) is 3.53. The Morgan fingerprint density at radius 2 is 2.26 bits per heavy atom. The number of aromatic nitrogens is 1. The number of hydrogen-bond acceptors (Lipinski definition) is 3. The Balaban J connectivity index is 2.16. The highest BCUT2D eigenvalue weighted by Crippen LogP contribution is 2.20. The van der Waals surface area contributed by atoms with E-state index >= 15 is 0 Å². The smallest absolute Gasteiger partial charge is 0.255 e. The van der Waals surface area contributed by atoms with E-state index in [0.29, 0.717) is 22.9 Å². The fourth-order valence-electron chi connectivity index (χ4n) is 1.64. The lowest BCUT2D eigenvalue weighted by molar-refractivity contribution is 0.102. The van der Waals surface area contributed by atoms with Gasteiger partial charge in [0, 0.05) is 25.1 Å². The molecule has 0 spiro atoms. The van der Waals surface area contributed by atoms with Crippen LogP contribution < -0.4 is 5.32 Å². The second-order valence-electron chi connectivity index (χ2n) is 3.94. The van der Waals surface area contributed by atoms with Crippen LogP contribution >= 0.6 is 11.6 Å². The second kappa shape index (κ2) is 6.31. The van der Waals surface area contributed by atoms with Gasteiger partial charge in [0.05, 0.1) is 17.3 Å². The third-order valence-electron chi connectivity index (χ3n) is 2.52. The van der Waals surface area contributed by atoms with Crippen molar-refractivity contribution in [1.29, 1.82) is 0 Å². The first-order valence-corrected chi connectivity index (χ1v) is 6.07. The van der Waals surface area contributed by atoms with Crippen LogP contribution in [0.25, 0.3) is 0 Å². The second-order valence-corrected chi connectivity index (χ2v) is 4.35. The minimum atomic E-state index is -0.217. The maximum absolute atomic E-state index is 12.1. The molecule has 98 valence electrons. The predicted octanol–water partition coefficient (Wildman–Crippen LogP) is 3.13. The van der Waals surface area contributed by atoms with Crippen molar-refractivity contribution in [3.8, 4) is 0 Å². The fourth-order valence-corrected chi connectivity index (χ4v) is 1.81. The van der Waals surface area contributed by atoms with Gasteiger partial charge in [-0.2, -0.15) is 0 Å². The maximum Gasteiger partial charge on any atom is 0.255 e. The summed E-state index contributed by atoms with van der Waals surface area (Å²) in [5.74, 6) is -0.217. The summed E-state index contributed by atoms with van der Waals surface area (Å²) in [7, 11) is 1.61. The van der Waals surface area contributed by atoms with E-state index in [-0.39, 0.29) is 5.91 Å². The molecule has 1 N–H and O–H groups in total. The number of methoxy groups -OCH3 is 1. The van der Waals surface area contributed by atoms with Crippen LogP contribution in [0.5, 0.6) is 0 Å². The van der Waals surface area contributed by atoms with Crippen LogP contribution in [0.4, 0.5) is 5.69 Å². The van der Waals surface area contributed by atoms with E-state index in [2.05, 4.69) is 10.3 Å². The highest BCUT2D eigenvalue weighted by atomic mass is 35.5. The van der Waals surface area contributed by atoms with Gasteiger partial charge in [-0.25, -0.2) is 0 Å². The maximum atomic E-state index is 12.1. The Bertz CT molecular complexity index is 587. The van der Waals surface area contributed by atoms with Gasteiger partial charge in [-0.1, -0.05) is 23.7 Å². The average molecular weight is 277 g/mol. The predicted molar refractivity (Wildman–Crippen MR) is 74.4 cm³/mol. The molecule has 0 bridgehead atoms. The monoisotopic (exact) mass is 276 g/mol. The number of ether oxygens (including phenoxy) is 1. The van der Waals surface area contributed by atoms with Gasteiger partial charge in [-0.3, -0.25) is 9.78 Å². The number of rotatable bonds is 4. The minimum Gasteiger partial charge on any atom is -0.380 e. The SMILES string of the molecule is COCc1cccc(C(=O)Nc2ccncc2Cl)c1. The van der Waals surface area contributed by atoms with E-state index in [9.17, 15) is 4.79 Å². The normalized spacial score (nSPS) is 10.2. The van der Waals surface area contributed by atoms with Crippen molar-refractivity contribution in [2.75, 3.05) is 12.4 Å². The van der Waals surface area contributed by atoms with Gasteiger partial charge in [0.2, 0.25) is 0 Å². The van der Waals surface area contributed by atoms with Gasteiger partial charge in [0.15, 0.2) is 0 Å². The van der Waals surface area contributed by atoms with E-state index in [1.807, 2.05) is 12.1 Å². The standard InChI is InChI=1S/C14H13ClN2O2/c1-19-9-10-3-2-4-11(7-10)14(18)17-13-5-6-16-8-12(13)15/h2-8H,9H2,1H3,(H,16,17,18). The summed E-state index contributed by atoms with van der Waals surface area (Å²) in [6.45, 7) is 0.469. The molecule has 1 heterocycles. The molecule has 0 aliphatic heterocycles. The van der Waals surface area contributed by atoms with E-state index in [1.54, 1.807) is 31.5 Å². The summed E-state index contributed by atoms with van der Waals surface area (Å²) in [6.07, 6.45) is 3.06. The number of carbonyl (C=O) groups excluding carboxylic acids is 1. The molecule has 1 aromatic carbocycles. The molecule has 0 fully saturated rings. The molecule has 0 aliphatic rings. The molecule has 5 heteroatoms. The number of amides is 1. The molecule has 2 aromatic rings. The van der Waals surface area contributed by atoms with E-state index in [0.717, 1.165) is 5.56 Å². The van der Waals surface area contributed by atoms with Gasteiger partial charge >= 0.3 is 0 Å². The molecule has 0 unspecified atom stereocenters. The van der Waals surface area contributed by atoms with Crippen LogP contribution in [0.15, 0.2) is 42.7 Å². The summed E-state index contributed by atoms with van der Waals surface area (Å²) >= 11 is 5.94. The fraction of sp³-hybridized carbons (Fsp3) is 0.143. The highest BCUT2D eigenvalue weighted by molar-refractivity contribution is 6.33.